The van der Waals surface area contributed by atoms with E-state index in [-0.39, 0.29) is 42.3 Å². The maximum Gasteiger partial charge on any atom is 0.302 e. The van der Waals surface area contributed by atoms with E-state index in [1.165, 1.54) is 18.1 Å². The number of piperidine rings is 1. The molecule has 4 rings (SSSR count). The minimum atomic E-state index is -0.488. The first-order valence-electron chi connectivity index (χ1n) is 18.2. The maximum absolute atomic E-state index is 13.6. The number of carbonyl (C=O) groups excluding carboxylic acids is 2. The lowest BCUT2D eigenvalue weighted by Gasteiger charge is -2.36. The minimum absolute atomic E-state index is 0.0740. The van der Waals surface area contributed by atoms with Crippen molar-refractivity contribution in [3.8, 4) is 11.8 Å². The number of ether oxygens (including phenoxy) is 3. The summed E-state index contributed by atoms with van der Waals surface area (Å²) in [4.78, 5) is 30.3. The number of allylic oxidation sites excluding steroid dienone is 1. The number of ketones is 1. The summed E-state index contributed by atoms with van der Waals surface area (Å²) < 4.78 is 16.8. The monoisotopic (exact) mass is 654 g/mol. The number of esters is 1. The van der Waals surface area contributed by atoms with Crippen molar-refractivity contribution in [1.82, 2.24) is 10.6 Å². The number of rotatable bonds is 8. The van der Waals surface area contributed by atoms with Crippen molar-refractivity contribution in [3.63, 3.8) is 0 Å². The third-order valence-electron chi connectivity index (χ3n) is 11.0. The molecule has 1 aliphatic carbocycles. The molecule has 0 spiro atoms. The first-order chi connectivity index (χ1) is 22.8. The molecule has 262 valence electrons. The van der Waals surface area contributed by atoms with E-state index in [0.717, 1.165) is 70.9 Å². The van der Waals surface area contributed by atoms with E-state index in [0.29, 0.717) is 50.0 Å². The highest BCUT2D eigenvalue weighted by molar-refractivity contribution is 5.84. The molecule has 1 saturated carbocycles. The molecule has 0 aromatic heterocycles. The zero-order valence-electron chi connectivity index (χ0n) is 29.3. The average Bonchev–Trinajstić information content (AvgIpc) is 3.49. The van der Waals surface area contributed by atoms with Gasteiger partial charge < -0.3 is 24.6 Å². The van der Waals surface area contributed by atoms with Crippen LogP contribution in [0, 0.1) is 48.0 Å². The number of hydrogen-bond acceptors (Lipinski definition) is 9. The fourth-order valence-corrected chi connectivity index (χ4v) is 8.22. The Hall–Kier alpha value is -2.22. The fourth-order valence-electron chi connectivity index (χ4n) is 8.22. The number of carbonyl (C=O) groups is 2. The Morgan fingerprint density at radius 2 is 1.91 bits per heavy atom. The number of nitrogens with zero attached hydrogens (tertiary/aromatic N) is 1. The van der Waals surface area contributed by atoms with E-state index in [4.69, 9.17) is 14.2 Å². The van der Waals surface area contributed by atoms with Crippen LogP contribution in [0.3, 0.4) is 0 Å². The highest BCUT2D eigenvalue weighted by Crippen LogP contribution is 2.37. The van der Waals surface area contributed by atoms with Crippen molar-refractivity contribution in [3.05, 3.63) is 17.7 Å². The number of methoxy groups -OCH3 is 2. The van der Waals surface area contributed by atoms with Gasteiger partial charge in [0.2, 0.25) is 0 Å². The molecular weight excluding hydrogens is 594 g/mol. The molecule has 2 bridgehead atoms. The second kappa shape index (κ2) is 19.7. The molecule has 0 aromatic rings. The number of aliphatic hydroxyl groups excluding tert-OH is 1. The Balaban J connectivity index is 1.58. The molecule has 2 fully saturated rings. The highest BCUT2D eigenvalue weighted by atomic mass is 16.5. The van der Waals surface area contributed by atoms with Gasteiger partial charge in [0.1, 0.15) is 24.0 Å². The Morgan fingerprint density at radius 1 is 1.06 bits per heavy atom. The summed E-state index contributed by atoms with van der Waals surface area (Å²) >= 11 is 0. The molecule has 5 unspecified atom stereocenters. The van der Waals surface area contributed by atoms with Crippen LogP contribution in [0.4, 0.5) is 0 Å². The van der Waals surface area contributed by atoms with Gasteiger partial charge in [0.05, 0.1) is 30.5 Å². The number of aliphatic hydroxyl groups is 1. The Morgan fingerprint density at radius 3 is 2.68 bits per heavy atom. The van der Waals surface area contributed by atoms with E-state index in [2.05, 4.69) is 40.9 Å². The molecule has 1 saturated heterocycles. The predicted molar refractivity (Wildman–Crippen MR) is 184 cm³/mol. The summed E-state index contributed by atoms with van der Waals surface area (Å²) in [5, 5.41) is 17.8. The molecule has 9 nitrogen and oxygen atoms in total. The Kier molecular flexibility index (Phi) is 15.8. The van der Waals surface area contributed by atoms with E-state index < -0.39 is 12.2 Å². The van der Waals surface area contributed by atoms with E-state index >= 15 is 0 Å². The summed E-state index contributed by atoms with van der Waals surface area (Å²) in [7, 11) is 3.42. The summed E-state index contributed by atoms with van der Waals surface area (Å²) in [5.41, 5.74) is 2.69. The van der Waals surface area contributed by atoms with Crippen molar-refractivity contribution >= 4 is 18.0 Å². The molecule has 0 radical (unpaired) electrons. The summed E-state index contributed by atoms with van der Waals surface area (Å²) in [6.45, 7) is 8.01. The average molecular weight is 655 g/mol. The number of fused-ring (bicyclic) bond motifs is 2. The van der Waals surface area contributed by atoms with Crippen molar-refractivity contribution in [2.45, 2.75) is 128 Å². The third-order valence-corrected chi connectivity index (χ3v) is 11.0. The summed E-state index contributed by atoms with van der Waals surface area (Å²) in [6.07, 6.45) is 12.6. The van der Waals surface area contributed by atoms with Crippen LogP contribution < -0.4 is 10.6 Å². The SMILES string of the molecule is CC[C@H]1CC[C@@H](OC(C)=O)CC(=O)C[C@@H](C2CCC(O)C(OC)C2)C#CCNC2CC(CCN2)[C@H](CCCOC)CC2=C(C=N[CH+]2)C1. The number of Topliss-reactive ketones (excluding diaryl/α,β-unsaturated/α-hetero) is 1. The van der Waals surface area contributed by atoms with Crippen LogP contribution in [-0.2, 0) is 23.8 Å². The van der Waals surface area contributed by atoms with Gasteiger partial charge in [-0.25, -0.2) is 0 Å². The van der Waals surface area contributed by atoms with Crippen molar-refractivity contribution in [1.29, 1.82) is 0 Å². The zero-order valence-corrected chi connectivity index (χ0v) is 29.3. The number of nitrogens with one attached hydrogen (secondary N) is 2. The van der Waals surface area contributed by atoms with Gasteiger partial charge >= 0.3 is 5.97 Å². The summed E-state index contributed by atoms with van der Waals surface area (Å²) in [5.74, 6) is 8.14. The second-order valence-electron chi connectivity index (χ2n) is 14.3. The van der Waals surface area contributed by atoms with Gasteiger partial charge in [-0.2, -0.15) is 0 Å². The quantitative estimate of drug-likeness (QED) is 0.142. The van der Waals surface area contributed by atoms with Crippen LogP contribution in [0.1, 0.15) is 104 Å². The van der Waals surface area contributed by atoms with E-state index in [9.17, 15) is 14.7 Å². The topological polar surface area (TPSA) is 118 Å². The molecule has 9 heteroatoms. The summed E-state index contributed by atoms with van der Waals surface area (Å²) in [6, 6.07) is 0. The minimum Gasteiger partial charge on any atom is -0.462 e. The van der Waals surface area contributed by atoms with Gasteiger partial charge in [-0.1, -0.05) is 25.2 Å². The molecule has 0 aromatic carbocycles. The second-order valence-corrected chi connectivity index (χ2v) is 14.3. The van der Waals surface area contributed by atoms with E-state index in [1.54, 1.807) is 14.2 Å². The molecular formula is C38H60N3O6+. The van der Waals surface area contributed by atoms with Crippen LogP contribution in [0.5, 0.6) is 0 Å². The van der Waals surface area contributed by atoms with Gasteiger partial charge in [0.25, 0.3) is 0 Å². The smallest absolute Gasteiger partial charge is 0.302 e. The van der Waals surface area contributed by atoms with Crippen molar-refractivity contribution < 1.29 is 28.9 Å². The fraction of sp³-hybridized carbons (Fsp3) is 0.789. The van der Waals surface area contributed by atoms with Gasteiger partial charge in [-0.3, -0.25) is 14.9 Å². The van der Waals surface area contributed by atoms with Gasteiger partial charge in [0.15, 0.2) is 6.21 Å². The Labute approximate surface area is 283 Å². The molecule has 9 atom stereocenters. The van der Waals surface area contributed by atoms with Gasteiger partial charge in [-0.05, 0) is 88.0 Å². The lowest BCUT2D eigenvalue weighted by atomic mass is 9.75. The van der Waals surface area contributed by atoms with E-state index in [1.807, 2.05) is 6.21 Å². The standard InChI is InChI=1S/C38H60N3O6/c1-5-27-10-12-35(47-26(2)42)23-34(43)20-29(30-11-13-36(44)37(21-30)46-4)8-6-15-40-38-22-31(14-16-41-38)28(9-7-17-45-3)19-33-25-39-24-32(33)18-27/h24-25,27-31,35-38,40-41,44H,5,7,9-23H2,1-4H3/q+1/t27-,28+,29-,30?,31?,35+,36?,37?,38?/m0/s1. The van der Waals surface area contributed by atoms with Crippen LogP contribution in [0.25, 0.3) is 0 Å². The van der Waals surface area contributed by atoms with Gasteiger partial charge in [0, 0.05) is 59.4 Å². The normalized spacial score (nSPS) is 34.5. The van der Waals surface area contributed by atoms with Crippen molar-refractivity contribution in [2.75, 3.05) is 33.9 Å². The van der Waals surface area contributed by atoms with Crippen LogP contribution in [0.15, 0.2) is 16.1 Å². The third kappa shape index (κ3) is 12.0. The first kappa shape index (κ1) is 37.6. The molecule has 4 aliphatic rings. The molecule has 3 N–H and O–H groups in total. The highest BCUT2D eigenvalue weighted by Gasteiger charge is 2.35. The Bertz CT molecular complexity index is 1130. The zero-order chi connectivity index (χ0) is 33.6. The van der Waals surface area contributed by atoms with Crippen LogP contribution in [0.2, 0.25) is 0 Å². The van der Waals surface area contributed by atoms with Crippen LogP contribution in [-0.4, -0.2) is 81.5 Å². The molecule has 3 aliphatic heterocycles. The lowest BCUT2D eigenvalue weighted by Crippen LogP contribution is -2.49. The largest absolute Gasteiger partial charge is 0.462 e. The van der Waals surface area contributed by atoms with Crippen molar-refractivity contribution in [2.24, 2.45) is 34.6 Å². The molecule has 47 heavy (non-hydrogen) atoms. The molecule has 0 amide bonds. The maximum atomic E-state index is 13.6. The van der Waals surface area contributed by atoms with Gasteiger partial charge in [-0.15, -0.1) is 4.99 Å². The number of hydrogen-bond donors (Lipinski definition) is 3. The van der Waals surface area contributed by atoms with Crippen LogP contribution >= 0.6 is 0 Å². The lowest BCUT2D eigenvalue weighted by molar-refractivity contribution is -0.148. The first-order valence-corrected chi connectivity index (χ1v) is 18.2. The number of aliphatic imine (C=N–C) groups is 1. The molecule has 3 heterocycles. The predicted octanol–water partition coefficient (Wildman–Crippen LogP) is 5.16.